The molecule has 0 nitrogen and oxygen atoms in total. The van der Waals surface area contributed by atoms with Gasteiger partial charge in [-0.25, -0.2) is 0 Å². The zero-order valence-electron chi connectivity index (χ0n) is 13.9. The molecule has 2 aromatic carbocycles. The number of rotatable bonds is 1. The fourth-order valence-electron chi connectivity index (χ4n) is 3.14. The molecule has 0 bridgehead atoms. The van der Waals surface area contributed by atoms with Crippen LogP contribution in [0.4, 0.5) is 0 Å². The third kappa shape index (κ3) is 4.50. The molecule has 0 aromatic heterocycles. The standard InChI is InChI=1S/C18H13.C3H7.2ClH.Hf/c1-2-8-13(7-1)18-16-11-5-3-9-14(16)15-10-4-6-12-17(15)18;1-3-2;;;/h1-7,9-11,18H,8H2;3H,1-2H3;2*1H;/q2*-1;;;+4/p-2. The monoisotopic (exact) mass is 522 g/mol. The van der Waals surface area contributed by atoms with Gasteiger partial charge in [-0.2, -0.15) is 38.1 Å². The molecule has 0 fully saturated rings. The van der Waals surface area contributed by atoms with E-state index >= 15 is 0 Å². The Kier molecular flexibility index (Phi) is 10.8. The summed E-state index contributed by atoms with van der Waals surface area (Å²) in [4.78, 5) is 0. The van der Waals surface area contributed by atoms with Crippen LogP contribution in [0.3, 0.4) is 0 Å². The van der Waals surface area contributed by atoms with Crippen LogP contribution < -0.4 is 24.8 Å². The Labute approximate surface area is 177 Å². The van der Waals surface area contributed by atoms with Gasteiger partial charge in [-0.1, -0.05) is 53.6 Å². The summed E-state index contributed by atoms with van der Waals surface area (Å²) in [7, 11) is 0. The second-order valence-corrected chi connectivity index (χ2v) is 5.47. The van der Waals surface area contributed by atoms with Crippen LogP contribution in [0.1, 0.15) is 37.3 Å². The van der Waals surface area contributed by atoms with Crippen LogP contribution in [0, 0.1) is 12.5 Å². The first-order valence-electron chi connectivity index (χ1n) is 7.56. The molecule has 0 saturated carbocycles. The largest absolute Gasteiger partial charge is 4.00 e. The maximum absolute atomic E-state index is 3.45. The van der Waals surface area contributed by atoms with E-state index in [1.165, 1.54) is 27.8 Å². The van der Waals surface area contributed by atoms with Gasteiger partial charge in [0.05, 0.1) is 0 Å². The second kappa shape index (κ2) is 11.1. The number of hydrogen-bond acceptors (Lipinski definition) is 0. The summed E-state index contributed by atoms with van der Waals surface area (Å²) in [5.74, 6) is 0.410. The Bertz CT molecular complexity index is 659. The molecular weight excluding hydrogens is 502 g/mol. The van der Waals surface area contributed by atoms with Crippen LogP contribution in [0.15, 0.2) is 66.3 Å². The van der Waals surface area contributed by atoms with Crippen molar-refractivity contribution in [2.45, 2.75) is 26.2 Å². The quantitative estimate of drug-likeness (QED) is 0.358. The average Bonchev–Trinajstić information content (AvgIpc) is 3.13. The van der Waals surface area contributed by atoms with E-state index in [2.05, 4.69) is 60.7 Å². The van der Waals surface area contributed by atoms with Crippen molar-refractivity contribution in [2.24, 2.45) is 0 Å². The van der Waals surface area contributed by atoms with Crippen molar-refractivity contribution < 1.29 is 50.7 Å². The Morgan fingerprint density at radius 2 is 1.67 bits per heavy atom. The van der Waals surface area contributed by atoms with Gasteiger partial charge in [-0.15, -0.1) is 11.1 Å². The molecule has 122 valence electrons. The van der Waals surface area contributed by atoms with Crippen LogP contribution >= 0.6 is 0 Å². The molecule has 0 amide bonds. The SMILES string of the molecule is C[CH-]C.[Cl-].[Cl-].[Hf+4].[c-]1cccc2c1C(C1=CC=CC1)c1ccccc1-2. The van der Waals surface area contributed by atoms with Crippen molar-refractivity contribution in [2.75, 3.05) is 0 Å². The molecule has 1 unspecified atom stereocenters. The van der Waals surface area contributed by atoms with Crippen molar-refractivity contribution in [1.29, 1.82) is 0 Å². The molecular formula is C21H20Cl2Hf. The third-order valence-electron chi connectivity index (χ3n) is 3.91. The van der Waals surface area contributed by atoms with Gasteiger partial charge in [0, 0.05) is 5.92 Å². The Morgan fingerprint density at radius 1 is 1.00 bits per heavy atom. The van der Waals surface area contributed by atoms with Gasteiger partial charge in [0.1, 0.15) is 0 Å². The molecule has 0 aliphatic heterocycles. The molecule has 1 atom stereocenters. The Morgan fingerprint density at radius 3 is 2.33 bits per heavy atom. The van der Waals surface area contributed by atoms with Crippen LogP contribution in [-0.2, 0) is 25.8 Å². The number of halogens is 2. The summed E-state index contributed by atoms with van der Waals surface area (Å²) in [6.45, 7) is 4.00. The van der Waals surface area contributed by atoms with Gasteiger partial charge < -0.3 is 31.2 Å². The fraction of sp³-hybridized carbons (Fsp3) is 0.190. The smallest absolute Gasteiger partial charge is 1.00 e. The minimum Gasteiger partial charge on any atom is -1.00 e. The van der Waals surface area contributed by atoms with E-state index in [9.17, 15) is 0 Å². The molecule has 24 heavy (non-hydrogen) atoms. The summed E-state index contributed by atoms with van der Waals surface area (Å²) in [5, 5.41) is 0. The van der Waals surface area contributed by atoms with Crippen LogP contribution in [-0.4, -0.2) is 0 Å². The van der Waals surface area contributed by atoms with E-state index in [0.717, 1.165) is 6.42 Å². The normalized spacial score (nSPS) is 15.4. The predicted molar refractivity (Wildman–Crippen MR) is 90.0 cm³/mol. The van der Waals surface area contributed by atoms with Gasteiger partial charge >= 0.3 is 25.8 Å². The summed E-state index contributed by atoms with van der Waals surface area (Å²) in [5.41, 5.74) is 7.00. The summed E-state index contributed by atoms with van der Waals surface area (Å²) < 4.78 is 0. The van der Waals surface area contributed by atoms with Crippen molar-refractivity contribution in [3.63, 3.8) is 0 Å². The molecule has 0 spiro atoms. The van der Waals surface area contributed by atoms with Crippen molar-refractivity contribution in [3.8, 4) is 11.1 Å². The summed E-state index contributed by atoms with van der Waals surface area (Å²) in [6, 6.07) is 18.5. The van der Waals surface area contributed by atoms with Crippen LogP contribution in [0.2, 0.25) is 0 Å². The minimum absolute atomic E-state index is 0. The Hall–Kier alpha value is -0.630. The molecule has 0 saturated heterocycles. The zero-order valence-corrected chi connectivity index (χ0v) is 19.0. The van der Waals surface area contributed by atoms with Gasteiger partial charge in [0.2, 0.25) is 0 Å². The second-order valence-electron chi connectivity index (χ2n) is 5.47. The molecule has 2 aliphatic carbocycles. The topological polar surface area (TPSA) is 0 Å². The maximum Gasteiger partial charge on any atom is 4.00 e. The molecule has 2 aliphatic rings. The van der Waals surface area contributed by atoms with Crippen LogP contribution in [0.5, 0.6) is 0 Å². The molecule has 0 radical (unpaired) electrons. The summed E-state index contributed by atoms with van der Waals surface area (Å²) in [6.07, 6.45) is 9.73. The van der Waals surface area contributed by atoms with E-state index < -0.39 is 0 Å². The minimum atomic E-state index is 0. The fourth-order valence-corrected chi connectivity index (χ4v) is 3.14. The predicted octanol–water partition coefficient (Wildman–Crippen LogP) is -0.279. The molecule has 4 rings (SSSR count). The van der Waals surface area contributed by atoms with E-state index in [1.54, 1.807) is 0 Å². The molecule has 0 heterocycles. The number of hydrogen-bond donors (Lipinski definition) is 0. The van der Waals surface area contributed by atoms with Gasteiger partial charge in [0.15, 0.2) is 0 Å². The van der Waals surface area contributed by atoms with E-state index in [1.807, 2.05) is 26.3 Å². The van der Waals surface area contributed by atoms with Gasteiger partial charge in [-0.05, 0) is 12.0 Å². The summed E-state index contributed by atoms with van der Waals surface area (Å²) >= 11 is 0. The Balaban J connectivity index is 0.000000827. The first-order chi connectivity index (χ1) is 10.4. The molecule has 3 heteroatoms. The van der Waals surface area contributed by atoms with E-state index in [-0.39, 0.29) is 50.7 Å². The molecule has 0 N–H and O–H groups in total. The van der Waals surface area contributed by atoms with Crippen LogP contribution in [0.25, 0.3) is 11.1 Å². The maximum atomic E-state index is 3.45. The number of benzene rings is 2. The van der Waals surface area contributed by atoms with E-state index in [4.69, 9.17) is 0 Å². The van der Waals surface area contributed by atoms with Gasteiger partial charge in [0.25, 0.3) is 0 Å². The van der Waals surface area contributed by atoms with Crippen molar-refractivity contribution >= 4 is 0 Å². The van der Waals surface area contributed by atoms with Gasteiger partial charge in [-0.3, -0.25) is 0 Å². The first-order valence-corrected chi connectivity index (χ1v) is 7.56. The van der Waals surface area contributed by atoms with Crippen molar-refractivity contribution in [3.05, 3.63) is 89.9 Å². The zero-order chi connectivity index (χ0) is 14.7. The third-order valence-corrected chi connectivity index (χ3v) is 3.91. The van der Waals surface area contributed by atoms with Crippen molar-refractivity contribution in [1.82, 2.24) is 0 Å². The number of fused-ring (bicyclic) bond motifs is 3. The average molecular weight is 522 g/mol. The molecule has 2 aromatic rings. The number of allylic oxidation sites excluding steroid dienone is 4. The van der Waals surface area contributed by atoms with E-state index in [0.29, 0.717) is 5.92 Å². The first kappa shape index (κ1) is 23.4.